The lowest BCUT2D eigenvalue weighted by atomic mass is 9.94. The summed E-state index contributed by atoms with van der Waals surface area (Å²) >= 11 is 0. The van der Waals surface area contributed by atoms with Gasteiger partial charge in [-0.2, -0.15) is 0 Å². The molecule has 0 radical (unpaired) electrons. The molecule has 0 aliphatic carbocycles. The van der Waals surface area contributed by atoms with Gasteiger partial charge in [0.2, 0.25) is 0 Å². The number of ketones is 2. The second kappa shape index (κ2) is 6.76. The molecule has 0 spiro atoms. The summed E-state index contributed by atoms with van der Waals surface area (Å²) in [6, 6.07) is 12.2. The SMILES string of the molecule is COC(=O)c1ccc(C(=O)c2ccc(C(=O)C(C)(C)O)cc2)cc1. The van der Waals surface area contributed by atoms with Gasteiger partial charge >= 0.3 is 5.97 Å². The maximum absolute atomic E-state index is 12.4. The first-order valence-corrected chi connectivity index (χ1v) is 7.34. The van der Waals surface area contributed by atoms with E-state index in [0.717, 1.165) is 0 Å². The topological polar surface area (TPSA) is 80.7 Å². The molecule has 5 heteroatoms. The summed E-state index contributed by atoms with van der Waals surface area (Å²) < 4.78 is 4.61. The molecule has 2 aromatic rings. The van der Waals surface area contributed by atoms with Crippen LogP contribution in [0, 0.1) is 0 Å². The number of benzene rings is 2. The molecule has 24 heavy (non-hydrogen) atoms. The van der Waals surface area contributed by atoms with Crippen LogP contribution in [0.2, 0.25) is 0 Å². The van der Waals surface area contributed by atoms with E-state index < -0.39 is 17.4 Å². The first-order chi connectivity index (χ1) is 11.2. The Kier molecular flexibility index (Phi) is 4.95. The number of rotatable bonds is 5. The second-order valence-corrected chi connectivity index (χ2v) is 5.86. The molecule has 0 atom stereocenters. The van der Waals surface area contributed by atoms with Crippen molar-refractivity contribution in [2.75, 3.05) is 7.11 Å². The first-order valence-electron chi connectivity index (χ1n) is 7.34. The van der Waals surface area contributed by atoms with Gasteiger partial charge in [-0.3, -0.25) is 9.59 Å². The molecule has 0 aliphatic rings. The number of hydrogen-bond donors (Lipinski definition) is 1. The largest absolute Gasteiger partial charge is 0.465 e. The standard InChI is InChI=1S/C19H18O5/c1-19(2,23)17(21)14-8-4-12(5-9-14)16(20)13-6-10-15(11-7-13)18(22)24-3/h4-11,23H,1-3H3. The van der Waals surface area contributed by atoms with Gasteiger partial charge in [0.25, 0.3) is 0 Å². The van der Waals surface area contributed by atoms with Crippen molar-refractivity contribution in [1.29, 1.82) is 0 Å². The Balaban J connectivity index is 2.21. The highest BCUT2D eigenvalue weighted by atomic mass is 16.5. The number of ether oxygens (including phenoxy) is 1. The van der Waals surface area contributed by atoms with Crippen LogP contribution in [0.1, 0.15) is 50.5 Å². The summed E-state index contributed by atoms with van der Waals surface area (Å²) in [5.74, 6) is -1.11. The molecule has 0 amide bonds. The molecule has 0 saturated heterocycles. The van der Waals surface area contributed by atoms with Gasteiger partial charge in [-0.15, -0.1) is 0 Å². The van der Waals surface area contributed by atoms with Gasteiger partial charge in [0.15, 0.2) is 11.6 Å². The first kappa shape index (κ1) is 17.6. The van der Waals surface area contributed by atoms with Crippen LogP contribution in [0.3, 0.4) is 0 Å². The Morgan fingerprint density at radius 2 is 1.17 bits per heavy atom. The molecule has 0 aromatic heterocycles. The number of esters is 1. The Labute approximate surface area is 139 Å². The second-order valence-electron chi connectivity index (χ2n) is 5.86. The van der Waals surface area contributed by atoms with Crippen molar-refractivity contribution in [2.24, 2.45) is 0 Å². The van der Waals surface area contributed by atoms with Gasteiger partial charge in [-0.05, 0) is 26.0 Å². The fraction of sp³-hybridized carbons (Fsp3) is 0.211. The highest BCUT2D eigenvalue weighted by Gasteiger charge is 2.25. The van der Waals surface area contributed by atoms with Crippen molar-refractivity contribution in [1.82, 2.24) is 0 Å². The molecule has 1 N–H and O–H groups in total. The van der Waals surface area contributed by atoms with Crippen LogP contribution in [-0.4, -0.2) is 35.4 Å². The van der Waals surface area contributed by atoms with Gasteiger partial charge in [-0.1, -0.05) is 36.4 Å². The third-order valence-electron chi connectivity index (χ3n) is 3.53. The van der Waals surface area contributed by atoms with Crippen molar-refractivity contribution >= 4 is 17.5 Å². The lowest BCUT2D eigenvalue weighted by Crippen LogP contribution is -2.31. The summed E-state index contributed by atoms with van der Waals surface area (Å²) in [7, 11) is 1.29. The number of methoxy groups -OCH3 is 1. The molecule has 0 fully saturated rings. The van der Waals surface area contributed by atoms with Gasteiger partial charge in [0.1, 0.15) is 5.60 Å². The lowest BCUT2D eigenvalue weighted by Gasteiger charge is -2.15. The minimum absolute atomic E-state index is 0.228. The average Bonchev–Trinajstić information content (AvgIpc) is 2.59. The number of aliphatic hydroxyl groups is 1. The molecule has 0 heterocycles. The predicted molar refractivity (Wildman–Crippen MR) is 88.3 cm³/mol. The van der Waals surface area contributed by atoms with E-state index in [0.29, 0.717) is 22.3 Å². The molecule has 2 aromatic carbocycles. The quantitative estimate of drug-likeness (QED) is 0.675. The summed E-state index contributed by atoms with van der Waals surface area (Å²) in [6.45, 7) is 2.83. The zero-order valence-electron chi connectivity index (χ0n) is 13.7. The highest BCUT2D eigenvalue weighted by molar-refractivity contribution is 6.10. The van der Waals surface area contributed by atoms with Crippen molar-refractivity contribution in [2.45, 2.75) is 19.4 Å². The molecule has 0 unspecified atom stereocenters. The molecule has 2 rings (SSSR count). The fourth-order valence-corrected chi connectivity index (χ4v) is 2.17. The molecule has 5 nitrogen and oxygen atoms in total. The van der Waals surface area contributed by atoms with Crippen LogP contribution < -0.4 is 0 Å². The van der Waals surface area contributed by atoms with E-state index in [4.69, 9.17) is 0 Å². The number of hydrogen-bond acceptors (Lipinski definition) is 5. The van der Waals surface area contributed by atoms with Gasteiger partial charge in [-0.25, -0.2) is 4.79 Å². The number of carbonyl (C=O) groups excluding carboxylic acids is 3. The number of Topliss-reactive ketones (excluding diaryl/α,β-unsaturated/α-hetero) is 1. The zero-order valence-corrected chi connectivity index (χ0v) is 13.7. The van der Waals surface area contributed by atoms with E-state index in [-0.39, 0.29) is 5.78 Å². The van der Waals surface area contributed by atoms with Crippen molar-refractivity contribution < 1.29 is 24.2 Å². The van der Waals surface area contributed by atoms with Crippen molar-refractivity contribution in [3.63, 3.8) is 0 Å². The van der Waals surface area contributed by atoms with E-state index in [1.165, 1.54) is 57.4 Å². The molecule has 0 bridgehead atoms. The third-order valence-corrected chi connectivity index (χ3v) is 3.53. The normalized spacial score (nSPS) is 11.0. The summed E-state index contributed by atoms with van der Waals surface area (Å²) in [5.41, 5.74) is 0.0625. The van der Waals surface area contributed by atoms with Crippen LogP contribution in [0.25, 0.3) is 0 Å². The molecular formula is C19H18O5. The Morgan fingerprint density at radius 1 is 0.792 bits per heavy atom. The minimum Gasteiger partial charge on any atom is -0.465 e. The highest BCUT2D eigenvalue weighted by Crippen LogP contribution is 2.16. The molecule has 0 saturated carbocycles. The van der Waals surface area contributed by atoms with Crippen LogP contribution in [0.15, 0.2) is 48.5 Å². The molecular weight excluding hydrogens is 308 g/mol. The van der Waals surface area contributed by atoms with Gasteiger partial charge in [0, 0.05) is 16.7 Å². The smallest absolute Gasteiger partial charge is 0.337 e. The maximum atomic E-state index is 12.4. The molecule has 0 aliphatic heterocycles. The van der Waals surface area contributed by atoms with E-state index in [1.54, 1.807) is 12.1 Å². The Hall–Kier alpha value is -2.79. The zero-order chi connectivity index (χ0) is 17.9. The van der Waals surface area contributed by atoms with Gasteiger partial charge in [0.05, 0.1) is 12.7 Å². The van der Waals surface area contributed by atoms with Crippen LogP contribution in [0.4, 0.5) is 0 Å². The Morgan fingerprint density at radius 3 is 1.54 bits per heavy atom. The lowest BCUT2D eigenvalue weighted by molar-refractivity contribution is 0.0488. The van der Waals surface area contributed by atoms with E-state index >= 15 is 0 Å². The summed E-state index contributed by atoms with van der Waals surface area (Å²) in [6.07, 6.45) is 0. The van der Waals surface area contributed by atoms with Crippen LogP contribution in [-0.2, 0) is 4.74 Å². The molecule has 124 valence electrons. The van der Waals surface area contributed by atoms with E-state index in [9.17, 15) is 19.5 Å². The van der Waals surface area contributed by atoms with Gasteiger partial charge < -0.3 is 9.84 Å². The summed E-state index contributed by atoms with van der Waals surface area (Å²) in [4.78, 5) is 35.8. The average molecular weight is 326 g/mol. The maximum Gasteiger partial charge on any atom is 0.337 e. The van der Waals surface area contributed by atoms with Crippen molar-refractivity contribution in [3.8, 4) is 0 Å². The fourth-order valence-electron chi connectivity index (χ4n) is 2.17. The predicted octanol–water partition coefficient (Wildman–Crippen LogP) is 2.66. The van der Waals surface area contributed by atoms with Crippen LogP contribution >= 0.6 is 0 Å². The van der Waals surface area contributed by atoms with E-state index in [2.05, 4.69) is 4.74 Å². The van der Waals surface area contributed by atoms with E-state index in [1.807, 2.05) is 0 Å². The Bertz CT molecular complexity index is 765. The summed E-state index contributed by atoms with van der Waals surface area (Å²) in [5, 5.41) is 9.73. The number of carbonyl (C=O) groups is 3. The monoisotopic (exact) mass is 326 g/mol. The third kappa shape index (κ3) is 3.75. The van der Waals surface area contributed by atoms with Crippen molar-refractivity contribution in [3.05, 3.63) is 70.8 Å². The minimum atomic E-state index is -1.46. The van der Waals surface area contributed by atoms with Crippen LogP contribution in [0.5, 0.6) is 0 Å².